The molecule has 46 heavy (non-hydrogen) atoms. The van der Waals surface area contributed by atoms with Crippen LogP contribution in [0.4, 0.5) is 29.3 Å². The van der Waals surface area contributed by atoms with Crippen LogP contribution in [0.15, 0.2) is 73.4 Å². The topological polar surface area (TPSA) is 125 Å². The molecule has 0 bridgehead atoms. The van der Waals surface area contributed by atoms with E-state index in [1.165, 1.54) is 29.4 Å². The quantitative estimate of drug-likeness (QED) is 0.169. The van der Waals surface area contributed by atoms with Crippen LogP contribution >= 0.6 is 0 Å². The van der Waals surface area contributed by atoms with Gasteiger partial charge in [0.05, 0.1) is 54.4 Å². The lowest BCUT2D eigenvalue weighted by atomic mass is 10.1. The van der Waals surface area contributed by atoms with Gasteiger partial charge in [-0.2, -0.15) is 13.2 Å². The normalized spacial score (nSPS) is 11.2. The van der Waals surface area contributed by atoms with Crippen LogP contribution < -0.4 is 24.8 Å². The van der Waals surface area contributed by atoms with Gasteiger partial charge < -0.3 is 29.4 Å². The van der Waals surface area contributed by atoms with Crippen molar-refractivity contribution in [1.29, 1.82) is 0 Å². The van der Waals surface area contributed by atoms with Crippen molar-refractivity contribution in [3.63, 3.8) is 0 Å². The lowest BCUT2D eigenvalue weighted by Gasteiger charge is -2.15. The number of pyridine rings is 1. The average Bonchev–Trinajstić information content (AvgIpc) is 3.47. The summed E-state index contributed by atoms with van der Waals surface area (Å²) in [6.45, 7) is 5.86. The molecule has 0 aliphatic heterocycles. The van der Waals surface area contributed by atoms with Gasteiger partial charge in [-0.25, -0.2) is 24.7 Å². The molecule has 3 aromatic heterocycles. The molecular formula is C32H30F3N7O4. The molecule has 0 radical (unpaired) electrons. The first-order valence-corrected chi connectivity index (χ1v) is 14.1. The minimum absolute atomic E-state index is 0.0643. The molecule has 0 atom stereocenters. The molecule has 0 unspecified atom stereocenters. The van der Waals surface area contributed by atoms with Crippen LogP contribution in [0.3, 0.4) is 0 Å². The average molecular weight is 634 g/mol. The van der Waals surface area contributed by atoms with Gasteiger partial charge in [-0.05, 0) is 56.7 Å². The number of alkyl halides is 3. The zero-order valence-corrected chi connectivity index (χ0v) is 25.3. The zero-order chi connectivity index (χ0) is 32.8. The monoisotopic (exact) mass is 633 g/mol. The number of methoxy groups -OCH3 is 1. The van der Waals surface area contributed by atoms with Crippen molar-refractivity contribution in [2.45, 2.75) is 33.6 Å². The van der Waals surface area contributed by atoms with Crippen LogP contribution in [0, 0.1) is 13.8 Å². The summed E-state index contributed by atoms with van der Waals surface area (Å²) in [6, 6.07) is 11.6. The van der Waals surface area contributed by atoms with Gasteiger partial charge in [0.2, 0.25) is 5.88 Å². The molecule has 0 spiro atoms. The fourth-order valence-corrected chi connectivity index (χ4v) is 4.38. The molecule has 2 amide bonds. The Morgan fingerprint density at radius 1 is 0.957 bits per heavy atom. The number of halogens is 3. The van der Waals surface area contributed by atoms with Crippen LogP contribution in [-0.2, 0) is 12.8 Å². The van der Waals surface area contributed by atoms with Crippen molar-refractivity contribution in [3.05, 3.63) is 96.0 Å². The highest BCUT2D eigenvalue weighted by molar-refractivity contribution is 6.00. The van der Waals surface area contributed by atoms with Crippen molar-refractivity contribution in [2.24, 2.45) is 0 Å². The Bertz CT molecular complexity index is 1840. The fraction of sp³-hybridized carbons (Fsp3) is 0.219. The van der Waals surface area contributed by atoms with Crippen molar-refractivity contribution < 1.29 is 32.2 Å². The van der Waals surface area contributed by atoms with Crippen molar-refractivity contribution in [3.8, 4) is 34.5 Å². The predicted molar refractivity (Wildman–Crippen MR) is 164 cm³/mol. The van der Waals surface area contributed by atoms with Crippen LogP contribution in [0.1, 0.15) is 29.4 Å². The molecule has 5 aromatic rings. The number of hydrogen-bond donors (Lipinski definition) is 2. The first-order chi connectivity index (χ1) is 22.0. The number of aromatic nitrogens is 5. The number of carbonyl (C=O) groups excluding carboxylic acids is 1. The second-order valence-corrected chi connectivity index (χ2v) is 10.0. The number of urea groups is 1. The Labute approximate surface area is 262 Å². The number of aryl methyl sites for hydroxylation is 2. The van der Waals surface area contributed by atoms with Crippen LogP contribution in [0.2, 0.25) is 0 Å². The van der Waals surface area contributed by atoms with E-state index in [4.69, 9.17) is 14.2 Å². The predicted octanol–water partition coefficient (Wildman–Crippen LogP) is 6.99. The number of anilines is 2. The van der Waals surface area contributed by atoms with Gasteiger partial charge in [0.15, 0.2) is 5.82 Å². The van der Waals surface area contributed by atoms with E-state index in [0.717, 1.165) is 23.4 Å². The van der Waals surface area contributed by atoms with E-state index in [2.05, 4.69) is 30.6 Å². The molecule has 11 nitrogen and oxygen atoms in total. The van der Waals surface area contributed by atoms with Gasteiger partial charge in [0, 0.05) is 29.8 Å². The molecule has 2 aromatic carbocycles. The largest absolute Gasteiger partial charge is 0.497 e. The summed E-state index contributed by atoms with van der Waals surface area (Å²) in [5.41, 5.74) is 1.91. The van der Waals surface area contributed by atoms with Gasteiger partial charge in [-0.1, -0.05) is 12.1 Å². The minimum Gasteiger partial charge on any atom is -0.497 e. The molecule has 0 saturated carbocycles. The third-order valence-electron chi connectivity index (χ3n) is 6.67. The standard InChI is InChI=1S/C32H30F3N7O4/c1-5-45-28-13-29(46-17-21-6-8-25(44-4)9-7-21)36-14-26(28)30-37-15-27(20(3)39-30)41-31(43)40-23-10-22(32(33,34)35)11-24(12-23)42-16-19(2)38-18-42/h6-16,18H,5,17H2,1-4H3,(H2,40,41,43). The van der Waals surface area contributed by atoms with Crippen molar-refractivity contribution in [1.82, 2.24) is 24.5 Å². The Kier molecular flexibility index (Phi) is 9.35. The third-order valence-corrected chi connectivity index (χ3v) is 6.67. The van der Waals surface area contributed by atoms with E-state index in [0.29, 0.717) is 41.0 Å². The smallest absolute Gasteiger partial charge is 0.416 e. The van der Waals surface area contributed by atoms with E-state index in [9.17, 15) is 18.0 Å². The maximum Gasteiger partial charge on any atom is 0.416 e. The molecule has 5 rings (SSSR count). The Morgan fingerprint density at radius 2 is 1.74 bits per heavy atom. The number of imidazole rings is 1. The van der Waals surface area contributed by atoms with E-state index < -0.39 is 17.8 Å². The number of nitrogens with one attached hydrogen (secondary N) is 2. The maximum absolute atomic E-state index is 13.6. The van der Waals surface area contributed by atoms with Crippen LogP contribution in [0.25, 0.3) is 17.1 Å². The lowest BCUT2D eigenvalue weighted by Crippen LogP contribution is -2.21. The van der Waals surface area contributed by atoms with Gasteiger partial charge >= 0.3 is 12.2 Å². The first-order valence-electron chi connectivity index (χ1n) is 14.1. The summed E-state index contributed by atoms with van der Waals surface area (Å²) in [6.07, 6.45) is 1.28. The Hall–Kier alpha value is -5.66. The molecule has 0 aliphatic rings. The maximum atomic E-state index is 13.6. The molecule has 0 saturated heterocycles. The molecule has 0 fully saturated rings. The van der Waals surface area contributed by atoms with E-state index in [1.807, 2.05) is 31.2 Å². The van der Waals surface area contributed by atoms with E-state index in [-0.39, 0.29) is 23.7 Å². The highest BCUT2D eigenvalue weighted by Gasteiger charge is 2.31. The fourth-order valence-electron chi connectivity index (χ4n) is 4.38. The molecule has 2 N–H and O–H groups in total. The first kappa shape index (κ1) is 31.8. The zero-order valence-electron chi connectivity index (χ0n) is 25.3. The van der Waals surface area contributed by atoms with E-state index in [1.54, 1.807) is 33.2 Å². The Balaban J connectivity index is 1.30. The molecule has 0 aliphatic carbocycles. The number of benzene rings is 2. The Morgan fingerprint density at radius 3 is 2.39 bits per heavy atom. The van der Waals surface area contributed by atoms with Gasteiger partial charge in [0.25, 0.3) is 0 Å². The minimum atomic E-state index is -4.63. The number of rotatable bonds is 10. The summed E-state index contributed by atoms with van der Waals surface area (Å²) in [5, 5.41) is 5.06. The number of nitrogens with zero attached hydrogens (tertiary/aromatic N) is 5. The van der Waals surface area contributed by atoms with Crippen LogP contribution in [0.5, 0.6) is 17.4 Å². The SMILES string of the molecule is CCOc1cc(OCc2ccc(OC)cc2)ncc1-c1ncc(NC(=O)Nc2cc(-n3cnc(C)c3)cc(C(F)(F)F)c2)c(C)n1. The van der Waals surface area contributed by atoms with Gasteiger partial charge in [-0.15, -0.1) is 0 Å². The summed E-state index contributed by atoms with van der Waals surface area (Å²) < 4.78 is 59.1. The van der Waals surface area contributed by atoms with Crippen LogP contribution in [-0.4, -0.2) is 44.3 Å². The van der Waals surface area contributed by atoms with E-state index >= 15 is 0 Å². The molecule has 3 heterocycles. The molecule has 238 valence electrons. The number of carbonyl (C=O) groups is 1. The number of ether oxygens (including phenoxy) is 3. The highest BCUT2D eigenvalue weighted by Crippen LogP contribution is 2.34. The van der Waals surface area contributed by atoms with Gasteiger partial charge in [0.1, 0.15) is 18.1 Å². The molecule has 14 heteroatoms. The lowest BCUT2D eigenvalue weighted by molar-refractivity contribution is -0.137. The highest BCUT2D eigenvalue weighted by atomic mass is 19.4. The second kappa shape index (κ2) is 13.5. The number of hydrogen-bond acceptors (Lipinski definition) is 8. The number of amides is 2. The summed E-state index contributed by atoms with van der Waals surface area (Å²) >= 11 is 0. The van der Waals surface area contributed by atoms with Crippen molar-refractivity contribution >= 4 is 17.4 Å². The summed E-state index contributed by atoms with van der Waals surface area (Å²) in [7, 11) is 1.60. The van der Waals surface area contributed by atoms with Crippen molar-refractivity contribution in [2.75, 3.05) is 24.4 Å². The molecular weight excluding hydrogens is 603 g/mol. The summed E-state index contributed by atoms with van der Waals surface area (Å²) in [4.78, 5) is 30.2. The van der Waals surface area contributed by atoms with Gasteiger partial charge in [-0.3, -0.25) is 0 Å². The third kappa shape index (κ3) is 7.70. The second-order valence-electron chi connectivity index (χ2n) is 10.0. The summed E-state index contributed by atoms with van der Waals surface area (Å²) in [5.74, 6) is 1.83.